The van der Waals surface area contributed by atoms with E-state index in [2.05, 4.69) is 39.0 Å². The predicted octanol–water partition coefficient (Wildman–Crippen LogP) is 2.15. The van der Waals surface area contributed by atoms with E-state index in [-0.39, 0.29) is 0 Å². The molecule has 3 aromatic rings. The first-order chi connectivity index (χ1) is 7.27. The van der Waals surface area contributed by atoms with Gasteiger partial charge in [-0.05, 0) is 24.6 Å². The summed E-state index contributed by atoms with van der Waals surface area (Å²) in [6.45, 7) is 2.15. The molecule has 0 radical (unpaired) electrons. The van der Waals surface area contributed by atoms with Gasteiger partial charge in [-0.25, -0.2) is 0 Å². The van der Waals surface area contributed by atoms with E-state index in [1.54, 1.807) is 0 Å². The molecule has 2 heteroatoms. The molecule has 0 atom stereocenters. The number of benzene rings is 2. The number of hydrogen-bond donors (Lipinski definition) is 0. The topological polar surface area (TPSA) is 13.1 Å². The van der Waals surface area contributed by atoms with Gasteiger partial charge in [-0.3, -0.25) is 0 Å². The fourth-order valence-corrected chi connectivity index (χ4v) is 2.09. The van der Waals surface area contributed by atoms with Gasteiger partial charge in [0, 0.05) is 10.8 Å². The third kappa shape index (κ3) is 1.11. The molecule has 0 aliphatic carbocycles. The largest absolute Gasteiger partial charge is 0.456 e. The Hall–Kier alpha value is -1.70. The minimum Gasteiger partial charge on any atom is -0.456 e. The lowest BCUT2D eigenvalue weighted by molar-refractivity contribution is 0.669. The Balaban J connectivity index is 2.63. The van der Waals surface area contributed by atoms with Crippen LogP contribution in [-0.2, 0) is 0 Å². The van der Waals surface area contributed by atoms with Gasteiger partial charge in [0.15, 0.2) is 0 Å². The average Bonchev–Trinajstić information content (AvgIpc) is 2.62. The Morgan fingerprint density at radius 3 is 2.67 bits per heavy atom. The third-order valence-corrected chi connectivity index (χ3v) is 3.07. The summed E-state index contributed by atoms with van der Waals surface area (Å²) in [4.78, 5) is 0. The number of fused-ring (bicyclic) bond motifs is 3. The lowest BCUT2D eigenvalue weighted by atomic mass is 9.89. The number of furan rings is 1. The lowest BCUT2D eigenvalue weighted by Crippen LogP contribution is -2.05. The van der Waals surface area contributed by atoms with E-state index in [9.17, 15) is 0 Å². The number of rotatable bonds is 0. The molecular formula is C13H11BO. The Morgan fingerprint density at radius 1 is 1.00 bits per heavy atom. The lowest BCUT2D eigenvalue weighted by Gasteiger charge is -2.00. The second kappa shape index (κ2) is 2.90. The van der Waals surface area contributed by atoms with E-state index in [0.29, 0.717) is 0 Å². The van der Waals surface area contributed by atoms with Crippen molar-refractivity contribution in [1.29, 1.82) is 0 Å². The van der Waals surface area contributed by atoms with Crippen LogP contribution in [0.5, 0.6) is 0 Å². The second-order valence-electron chi connectivity index (χ2n) is 3.98. The molecule has 0 bridgehead atoms. The van der Waals surface area contributed by atoms with Crippen molar-refractivity contribution >= 4 is 35.2 Å². The zero-order valence-electron chi connectivity index (χ0n) is 8.87. The molecule has 0 aliphatic rings. The van der Waals surface area contributed by atoms with Crippen molar-refractivity contribution in [3.63, 3.8) is 0 Å². The highest BCUT2D eigenvalue weighted by Gasteiger charge is 2.08. The predicted molar refractivity (Wildman–Crippen MR) is 66.6 cm³/mol. The van der Waals surface area contributed by atoms with Gasteiger partial charge in [0.25, 0.3) is 0 Å². The van der Waals surface area contributed by atoms with Crippen molar-refractivity contribution in [1.82, 2.24) is 0 Å². The van der Waals surface area contributed by atoms with Crippen LogP contribution in [0.25, 0.3) is 21.9 Å². The SMILES string of the molecule is Bc1ccc2oc3ccccc3c2c1C. The number of hydrogen-bond acceptors (Lipinski definition) is 1. The molecule has 15 heavy (non-hydrogen) atoms. The molecule has 0 fully saturated rings. The van der Waals surface area contributed by atoms with Crippen LogP contribution in [0.3, 0.4) is 0 Å². The zero-order chi connectivity index (χ0) is 10.4. The van der Waals surface area contributed by atoms with Crippen LogP contribution in [-0.4, -0.2) is 7.85 Å². The molecule has 0 amide bonds. The fourth-order valence-electron chi connectivity index (χ4n) is 2.09. The van der Waals surface area contributed by atoms with Crippen LogP contribution in [0.4, 0.5) is 0 Å². The maximum Gasteiger partial charge on any atom is 0.139 e. The minimum atomic E-state index is 0.973. The quantitative estimate of drug-likeness (QED) is 0.499. The van der Waals surface area contributed by atoms with E-state index in [1.165, 1.54) is 21.8 Å². The summed E-state index contributed by atoms with van der Waals surface area (Å²) in [6.07, 6.45) is 0. The van der Waals surface area contributed by atoms with Crippen molar-refractivity contribution < 1.29 is 4.42 Å². The van der Waals surface area contributed by atoms with Crippen LogP contribution >= 0.6 is 0 Å². The highest BCUT2D eigenvalue weighted by molar-refractivity contribution is 6.35. The van der Waals surface area contributed by atoms with Gasteiger partial charge in [-0.2, -0.15) is 0 Å². The first kappa shape index (κ1) is 8.60. The van der Waals surface area contributed by atoms with Gasteiger partial charge in [0.1, 0.15) is 19.0 Å². The minimum absolute atomic E-state index is 0.973. The molecule has 3 rings (SSSR count). The molecule has 0 spiro atoms. The molecule has 0 saturated heterocycles. The summed E-state index contributed by atoms with van der Waals surface area (Å²) < 4.78 is 5.79. The van der Waals surface area contributed by atoms with Crippen LogP contribution in [0.15, 0.2) is 40.8 Å². The van der Waals surface area contributed by atoms with Crippen molar-refractivity contribution in [3.05, 3.63) is 42.0 Å². The standard InChI is InChI=1S/C13H11BO/c1-8-10(14)6-7-12-13(8)9-4-2-3-5-11(9)15-12/h2-7H,14H2,1H3. The van der Waals surface area contributed by atoms with E-state index in [4.69, 9.17) is 4.42 Å². The van der Waals surface area contributed by atoms with Gasteiger partial charge in [-0.15, -0.1) is 0 Å². The zero-order valence-corrected chi connectivity index (χ0v) is 8.87. The Morgan fingerprint density at radius 2 is 1.80 bits per heavy atom. The highest BCUT2D eigenvalue weighted by atomic mass is 16.3. The third-order valence-electron chi connectivity index (χ3n) is 3.07. The molecule has 0 N–H and O–H groups in total. The first-order valence-corrected chi connectivity index (χ1v) is 5.15. The molecule has 0 unspecified atom stereocenters. The monoisotopic (exact) mass is 194 g/mol. The van der Waals surface area contributed by atoms with E-state index in [1.807, 2.05) is 12.1 Å². The van der Waals surface area contributed by atoms with Crippen LogP contribution in [0.2, 0.25) is 0 Å². The molecule has 1 nitrogen and oxygen atoms in total. The van der Waals surface area contributed by atoms with E-state index < -0.39 is 0 Å². The maximum atomic E-state index is 5.79. The number of para-hydroxylation sites is 1. The molecule has 1 heterocycles. The summed E-state index contributed by atoms with van der Waals surface area (Å²) >= 11 is 0. The van der Waals surface area contributed by atoms with Crippen molar-refractivity contribution in [3.8, 4) is 0 Å². The normalized spacial score (nSPS) is 11.3. The second-order valence-corrected chi connectivity index (χ2v) is 3.98. The highest BCUT2D eigenvalue weighted by Crippen LogP contribution is 2.29. The van der Waals surface area contributed by atoms with Gasteiger partial charge in [0.05, 0.1) is 0 Å². The van der Waals surface area contributed by atoms with Crippen molar-refractivity contribution in [2.24, 2.45) is 0 Å². The molecule has 72 valence electrons. The Bertz CT molecular complexity index is 652. The van der Waals surface area contributed by atoms with E-state index >= 15 is 0 Å². The molecular weight excluding hydrogens is 183 g/mol. The average molecular weight is 194 g/mol. The summed E-state index contributed by atoms with van der Waals surface area (Å²) in [5, 5.41) is 2.47. The smallest absolute Gasteiger partial charge is 0.139 e. The van der Waals surface area contributed by atoms with Crippen molar-refractivity contribution in [2.45, 2.75) is 6.92 Å². The summed E-state index contributed by atoms with van der Waals surface area (Å²) in [5.74, 6) is 0. The summed E-state index contributed by atoms with van der Waals surface area (Å²) in [7, 11) is 2.14. The summed E-state index contributed by atoms with van der Waals surface area (Å²) in [5.41, 5.74) is 4.59. The van der Waals surface area contributed by atoms with Crippen molar-refractivity contribution in [2.75, 3.05) is 0 Å². The molecule has 2 aromatic carbocycles. The first-order valence-electron chi connectivity index (χ1n) is 5.15. The van der Waals surface area contributed by atoms with Gasteiger partial charge < -0.3 is 4.42 Å². The Kier molecular flexibility index (Phi) is 1.66. The molecule has 0 saturated carbocycles. The van der Waals surface area contributed by atoms with Gasteiger partial charge >= 0.3 is 0 Å². The fraction of sp³-hybridized carbons (Fsp3) is 0.0769. The van der Waals surface area contributed by atoms with E-state index in [0.717, 1.165) is 11.2 Å². The summed E-state index contributed by atoms with van der Waals surface area (Å²) in [6, 6.07) is 12.4. The van der Waals surface area contributed by atoms with Gasteiger partial charge in [0.2, 0.25) is 0 Å². The van der Waals surface area contributed by atoms with Crippen LogP contribution in [0.1, 0.15) is 5.56 Å². The number of aryl methyl sites for hydroxylation is 1. The van der Waals surface area contributed by atoms with Gasteiger partial charge in [-0.1, -0.05) is 29.7 Å². The maximum absolute atomic E-state index is 5.79. The van der Waals surface area contributed by atoms with Crippen LogP contribution < -0.4 is 5.46 Å². The molecule has 0 aliphatic heterocycles. The van der Waals surface area contributed by atoms with Crippen LogP contribution in [0, 0.1) is 6.92 Å². The Labute approximate surface area is 89.1 Å². The molecule has 1 aromatic heterocycles.